The van der Waals surface area contributed by atoms with Crippen molar-refractivity contribution in [1.82, 2.24) is 9.88 Å². The quantitative estimate of drug-likeness (QED) is 0.924. The van der Waals surface area contributed by atoms with E-state index >= 15 is 0 Å². The first-order chi connectivity index (χ1) is 9.61. The van der Waals surface area contributed by atoms with Gasteiger partial charge in [-0.25, -0.2) is 4.79 Å². The average molecular weight is 291 g/mol. The largest absolute Gasteiger partial charge is 0.478 e. The predicted molar refractivity (Wildman–Crippen MR) is 78.4 cm³/mol. The fourth-order valence-electron chi connectivity index (χ4n) is 2.81. The number of rotatable bonds is 2. The van der Waals surface area contributed by atoms with Crippen molar-refractivity contribution in [3.8, 4) is 0 Å². The first-order valence-corrected chi connectivity index (χ1v) is 7.05. The highest BCUT2D eigenvalue weighted by atomic mass is 35.5. The van der Waals surface area contributed by atoms with Gasteiger partial charge in [0.05, 0.1) is 16.1 Å². The van der Waals surface area contributed by atoms with Crippen LogP contribution in [-0.2, 0) is 13.0 Å². The van der Waals surface area contributed by atoms with E-state index in [0.717, 1.165) is 30.8 Å². The Labute approximate surface area is 122 Å². The van der Waals surface area contributed by atoms with Crippen LogP contribution >= 0.6 is 11.6 Å². The average Bonchev–Trinajstić information content (AvgIpc) is 2.44. The lowest BCUT2D eigenvalue weighted by molar-refractivity contribution is 0.0695. The van der Waals surface area contributed by atoms with Crippen LogP contribution in [0.1, 0.15) is 28.5 Å². The molecule has 0 unspecified atom stereocenters. The molecule has 1 aliphatic heterocycles. The zero-order valence-corrected chi connectivity index (χ0v) is 11.9. The summed E-state index contributed by atoms with van der Waals surface area (Å²) in [5.74, 6) is -0.931. The summed E-state index contributed by atoms with van der Waals surface area (Å²) in [6, 6.07) is 5.34. The molecule has 1 aromatic heterocycles. The van der Waals surface area contributed by atoms with E-state index in [0.29, 0.717) is 28.0 Å². The minimum Gasteiger partial charge on any atom is -0.478 e. The topological polar surface area (TPSA) is 53.4 Å². The van der Waals surface area contributed by atoms with Crippen molar-refractivity contribution in [2.75, 3.05) is 13.1 Å². The number of halogens is 1. The summed E-state index contributed by atoms with van der Waals surface area (Å²) >= 11 is 6.20. The van der Waals surface area contributed by atoms with Crippen LogP contribution < -0.4 is 0 Å². The highest BCUT2D eigenvalue weighted by Crippen LogP contribution is 2.32. The second kappa shape index (κ2) is 5.04. The first kappa shape index (κ1) is 13.3. The van der Waals surface area contributed by atoms with E-state index in [2.05, 4.69) is 16.8 Å². The molecule has 2 aromatic rings. The Morgan fingerprint density at radius 3 is 3.00 bits per heavy atom. The zero-order chi connectivity index (χ0) is 14.3. The lowest BCUT2D eigenvalue weighted by Crippen LogP contribution is -2.32. The molecule has 0 saturated carbocycles. The van der Waals surface area contributed by atoms with E-state index in [1.54, 1.807) is 12.1 Å². The van der Waals surface area contributed by atoms with Crippen LogP contribution in [0, 0.1) is 0 Å². The number of benzene rings is 1. The minimum atomic E-state index is -0.931. The predicted octanol–water partition coefficient (Wildman–Crippen LogP) is 2.96. The van der Waals surface area contributed by atoms with Gasteiger partial charge in [-0.3, -0.25) is 9.88 Å². The van der Waals surface area contributed by atoms with Gasteiger partial charge in [-0.15, -0.1) is 0 Å². The molecule has 0 spiro atoms. The van der Waals surface area contributed by atoms with E-state index in [1.165, 1.54) is 0 Å². The molecule has 1 N–H and O–H groups in total. The molecular formula is C15H15ClN2O2. The van der Waals surface area contributed by atoms with Crippen LogP contribution in [0.2, 0.25) is 5.02 Å². The maximum Gasteiger partial charge on any atom is 0.336 e. The Kier molecular flexibility index (Phi) is 3.36. The van der Waals surface area contributed by atoms with Gasteiger partial charge in [0.25, 0.3) is 0 Å². The zero-order valence-electron chi connectivity index (χ0n) is 11.2. The summed E-state index contributed by atoms with van der Waals surface area (Å²) in [6.45, 7) is 4.52. The number of aromatic carboxylic acids is 1. The molecule has 4 nitrogen and oxygen atoms in total. The smallest absolute Gasteiger partial charge is 0.336 e. The van der Waals surface area contributed by atoms with Gasteiger partial charge in [-0.2, -0.15) is 0 Å². The Bertz CT molecular complexity index is 700. The number of aromatic nitrogens is 1. The molecule has 5 heteroatoms. The number of hydrogen-bond acceptors (Lipinski definition) is 3. The summed E-state index contributed by atoms with van der Waals surface area (Å²) in [7, 11) is 0. The van der Waals surface area contributed by atoms with E-state index in [-0.39, 0.29) is 0 Å². The lowest BCUT2D eigenvalue weighted by atomic mass is 9.96. The maximum atomic E-state index is 11.7. The number of carboxylic acid groups (broad SMARTS) is 1. The molecule has 0 saturated heterocycles. The third-order valence-electron chi connectivity index (χ3n) is 3.85. The van der Waals surface area contributed by atoms with Crippen LogP contribution in [0.3, 0.4) is 0 Å². The molecule has 104 valence electrons. The molecule has 1 aromatic carbocycles. The van der Waals surface area contributed by atoms with Gasteiger partial charge < -0.3 is 5.11 Å². The van der Waals surface area contributed by atoms with E-state index in [4.69, 9.17) is 11.6 Å². The molecule has 20 heavy (non-hydrogen) atoms. The molecule has 1 aliphatic rings. The van der Waals surface area contributed by atoms with Crippen molar-refractivity contribution >= 4 is 28.5 Å². The third-order valence-corrected chi connectivity index (χ3v) is 4.17. The Morgan fingerprint density at radius 1 is 1.50 bits per heavy atom. The highest BCUT2D eigenvalue weighted by Gasteiger charge is 2.25. The molecule has 0 aliphatic carbocycles. The molecule has 2 heterocycles. The number of hydrogen-bond donors (Lipinski definition) is 1. The number of pyridine rings is 1. The molecule has 3 rings (SSSR count). The fraction of sp³-hybridized carbons (Fsp3) is 0.333. The fourth-order valence-corrected chi connectivity index (χ4v) is 3.08. The van der Waals surface area contributed by atoms with Gasteiger partial charge in [0, 0.05) is 36.2 Å². The van der Waals surface area contributed by atoms with Crippen molar-refractivity contribution < 1.29 is 9.90 Å². The maximum absolute atomic E-state index is 11.7. The summed E-state index contributed by atoms with van der Waals surface area (Å²) in [5, 5.41) is 10.6. The Hall–Kier alpha value is -1.65. The van der Waals surface area contributed by atoms with Crippen molar-refractivity contribution in [2.45, 2.75) is 19.9 Å². The van der Waals surface area contributed by atoms with Gasteiger partial charge in [0.2, 0.25) is 0 Å². The summed E-state index contributed by atoms with van der Waals surface area (Å²) in [5.41, 5.74) is 2.68. The standard InChI is InChI=1S/C15H15ClN2O2/c1-2-18-7-6-11-9(8-18)13(15(19)20)14-10(16)4-3-5-12(14)17-11/h3-5H,2,6-8H2,1H3,(H,19,20). The summed E-state index contributed by atoms with van der Waals surface area (Å²) < 4.78 is 0. The monoisotopic (exact) mass is 290 g/mol. The molecule has 0 fully saturated rings. The normalized spacial score (nSPS) is 15.3. The van der Waals surface area contributed by atoms with Crippen LogP contribution in [0.25, 0.3) is 10.9 Å². The highest BCUT2D eigenvalue weighted by molar-refractivity contribution is 6.36. The Morgan fingerprint density at radius 2 is 2.30 bits per heavy atom. The second-order valence-corrected chi connectivity index (χ2v) is 5.38. The van der Waals surface area contributed by atoms with Crippen molar-refractivity contribution in [3.05, 3.63) is 40.0 Å². The Balaban J connectivity index is 2.33. The number of nitrogens with zero attached hydrogens (tertiary/aromatic N) is 2. The number of likely N-dealkylation sites (N-methyl/N-ethyl adjacent to an activating group) is 1. The molecular weight excluding hydrogens is 276 g/mol. The minimum absolute atomic E-state index is 0.314. The molecule has 0 atom stereocenters. The van der Waals surface area contributed by atoms with Gasteiger partial charge in [-0.1, -0.05) is 24.6 Å². The summed E-state index contributed by atoms with van der Waals surface area (Å²) in [4.78, 5) is 18.6. The van der Waals surface area contributed by atoms with Gasteiger partial charge in [-0.05, 0) is 18.7 Å². The first-order valence-electron chi connectivity index (χ1n) is 6.67. The molecule has 0 bridgehead atoms. The van der Waals surface area contributed by atoms with E-state index in [1.807, 2.05) is 6.07 Å². The van der Waals surface area contributed by atoms with Gasteiger partial charge >= 0.3 is 5.97 Å². The van der Waals surface area contributed by atoms with Crippen molar-refractivity contribution in [3.63, 3.8) is 0 Å². The van der Waals surface area contributed by atoms with Crippen LogP contribution in [0.5, 0.6) is 0 Å². The van der Waals surface area contributed by atoms with E-state index < -0.39 is 5.97 Å². The van der Waals surface area contributed by atoms with Crippen molar-refractivity contribution in [1.29, 1.82) is 0 Å². The number of carboxylic acids is 1. The van der Waals surface area contributed by atoms with Crippen LogP contribution in [0.15, 0.2) is 18.2 Å². The summed E-state index contributed by atoms with van der Waals surface area (Å²) in [6.07, 6.45) is 0.784. The SMILES string of the molecule is CCN1CCc2nc3cccc(Cl)c3c(C(=O)O)c2C1. The lowest BCUT2D eigenvalue weighted by Gasteiger charge is -2.28. The third kappa shape index (κ3) is 2.05. The van der Waals surface area contributed by atoms with E-state index in [9.17, 15) is 9.90 Å². The molecule has 0 amide bonds. The number of fused-ring (bicyclic) bond motifs is 2. The van der Waals surface area contributed by atoms with Gasteiger partial charge in [0.1, 0.15) is 0 Å². The molecule has 0 radical (unpaired) electrons. The van der Waals surface area contributed by atoms with Gasteiger partial charge in [0.15, 0.2) is 0 Å². The van der Waals surface area contributed by atoms with Crippen LogP contribution in [0.4, 0.5) is 0 Å². The second-order valence-electron chi connectivity index (χ2n) is 4.97. The number of carbonyl (C=O) groups is 1. The van der Waals surface area contributed by atoms with Crippen LogP contribution in [-0.4, -0.2) is 34.0 Å². The van der Waals surface area contributed by atoms with Crippen molar-refractivity contribution in [2.24, 2.45) is 0 Å².